The quantitative estimate of drug-likeness (QED) is 0.762. The number of halogens is 2. The Morgan fingerprint density at radius 1 is 1.50 bits per heavy atom. The molecule has 0 aliphatic heterocycles. The summed E-state index contributed by atoms with van der Waals surface area (Å²) >= 11 is 9.04. The first-order chi connectivity index (χ1) is 9.26. The first-order valence-corrected chi connectivity index (χ1v) is 8.13. The number of benzene rings is 1. The van der Waals surface area contributed by atoms with Crippen molar-refractivity contribution in [2.45, 2.75) is 6.42 Å². The second-order valence-corrected chi connectivity index (χ2v) is 6.92. The molecule has 0 spiro atoms. The minimum absolute atomic E-state index is 0.0157. The SMILES string of the molecule is COC(=O)CCN(C)S(=O)(=O)Nc1ccc(Cl)c(Br)c1. The lowest BCUT2D eigenvalue weighted by molar-refractivity contribution is -0.140. The summed E-state index contributed by atoms with van der Waals surface area (Å²) in [6.45, 7) is 0.0246. The van der Waals surface area contributed by atoms with Crippen LogP contribution in [0.4, 0.5) is 5.69 Å². The summed E-state index contributed by atoms with van der Waals surface area (Å²) in [5.41, 5.74) is 0.367. The van der Waals surface area contributed by atoms with Gasteiger partial charge in [-0.3, -0.25) is 9.52 Å². The highest BCUT2D eigenvalue weighted by molar-refractivity contribution is 9.10. The van der Waals surface area contributed by atoms with Crippen molar-refractivity contribution in [2.24, 2.45) is 0 Å². The fraction of sp³-hybridized carbons (Fsp3) is 0.364. The Labute approximate surface area is 131 Å². The number of anilines is 1. The van der Waals surface area contributed by atoms with E-state index in [4.69, 9.17) is 11.6 Å². The van der Waals surface area contributed by atoms with Crippen LogP contribution in [0.2, 0.25) is 5.02 Å². The van der Waals surface area contributed by atoms with Gasteiger partial charge in [0.1, 0.15) is 0 Å². The highest BCUT2D eigenvalue weighted by Gasteiger charge is 2.19. The highest BCUT2D eigenvalue weighted by Crippen LogP contribution is 2.26. The van der Waals surface area contributed by atoms with Gasteiger partial charge in [-0.15, -0.1) is 0 Å². The molecular formula is C11H14BrClN2O4S. The van der Waals surface area contributed by atoms with Crippen LogP contribution in [0.1, 0.15) is 6.42 Å². The lowest BCUT2D eigenvalue weighted by Crippen LogP contribution is -2.34. The zero-order chi connectivity index (χ0) is 15.3. The number of nitrogens with one attached hydrogen (secondary N) is 1. The van der Waals surface area contributed by atoms with Crippen LogP contribution in [0.3, 0.4) is 0 Å². The van der Waals surface area contributed by atoms with Crippen molar-refractivity contribution in [3.8, 4) is 0 Å². The minimum Gasteiger partial charge on any atom is -0.469 e. The van der Waals surface area contributed by atoms with Gasteiger partial charge in [0, 0.05) is 18.1 Å². The number of nitrogens with zero attached hydrogens (tertiary/aromatic N) is 1. The summed E-state index contributed by atoms with van der Waals surface area (Å²) in [6, 6.07) is 4.66. The lowest BCUT2D eigenvalue weighted by atomic mass is 10.3. The standard InChI is InChI=1S/C11H14BrClN2O4S/c1-15(6-5-11(16)19-2)20(17,18)14-8-3-4-10(13)9(12)7-8/h3-4,7,14H,5-6H2,1-2H3. The molecule has 0 aliphatic rings. The van der Waals surface area contributed by atoms with Crippen molar-refractivity contribution in [2.75, 3.05) is 25.4 Å². The van der Waals surface area contributed by atoms with Gasteiger partial charge >= 0.3 is 16.2 Å². The molecule has 0 atom stereocenters. The van der Waals surface area contributed by atoms with Crippen molar-refractivity contribution >= 4 is 49.4 Å². The van der Waals surface area contributed by atoms with E-state index < -0.39 is 16.2 Å². The Bertz CT molecular complexity index is 594. The zero-order valence-electron chi connectivity index (χ0n) is 10.9. The Hall–Kier alpha value is -0.830. The molecule has 20 heavy (non-hydrogen) atoms. The smallest absolute Gasteiger partial charge is 0.306 e. The van der Waals surface area contributed by atoms with Crippen LogP contribution in [0.25, 0.3) is 0 Å². The number of rotatable bonds is 6. The van der Waals surface area contributed by atoms with Crippen molar-refractivity contribution in [1.82, 2.24) is 4.31 Å². The Balaban J connectivity index is 2.73. The van der Waals surface area contributed by atoms with E-state index in [0.29, 0.717) is 15.2 Å². The van der Waals surface area contributed by atoms with E-state index in [9.17, 15) is 13.2 Å². The topological polar surface area (TPSA) is 75.7 Å². The van der Waals surface area contributed by atoms with Crippen molar-refractivity contribution in [3.05, 3.63) is 27.7 Å². The largest absolute Gasteiger partial charge is 0.469 e. The number of carbonyl (C=O) groups excluding carboxylic acids is 1. The predicted octanol–water partition coefficient (Wildman–Crippen LogP) is 2.25. The molecule has 0 heterocycles. The maximum atomic E-state index is 12.0. The number of esters is 1. The third-order valence-corrected chi connectivity index (χ3v) is 5.15. The third-order valence-electron chi connectivity index (χ3n) is 2.44. The molecule has 0 radical (unpaired) electrons. The van der Waals surface area contributed by atoms with Gasteiger partial charge in [-0.1, -0.05) is 11.6 Å². The summed E-state index contributed by atoms with van der Waals surface area (Å²) in [5.74, 6) is -0.471. The molecule has 112 valence electrons. The molecule has 0 bridgehead atoms. The fourth-order valence-corrected chi connectivity index (χ4v) is 2.67. The fourth-order valence-electron chi connectivity index (χ4n) is 1.26. The molecule has 0 saturated carbocycles. The van der Waals surface area contributed by atoms with Crippen LogP contribution in [0, 0.1) is 0 Å². The van der Waals surface area contributed by atoms with Crippen LogP contribution in [0.5, 0.6) is 0 Å². The summed E-state index contributed by atoms with van der Waals surface area (Å²) in [5, 5.41) is 0.479. The predicted molar refractivity (Wildman–Crippen MR) is 81.0 cm³/mol. The van der Waals surface area contributed by atoms with Gasteiger partial charge < -0.3 is 4.74 Å². The Morgan fingerprint density at radius 2 is 2.15 bits per heavy atom. The number of hydrogen-bond donors (Lipinski definition) is 1. The van der Waals surface area contributed by atoms with E-state index >= 15 is 0 Å². The molecule has 0 aromatic heterocycles. The van der Waals surface area contributed by atoms with Crippen LogP contribution in [0.15, 0.2) is 22.7 Å². The van der Waals surface area contributed by atoms with E-state index in [1.165, 1.54) is 14.2 Å². The van der Waals surface area contributed by atoms with Gasteiger partial charge in [-0.05, 0) is 34.1 Å². The molecule has 1 N–H and O–H groups in total. The van der Waals surface area contributed by atoms with E-state index in [0.717, 1.165) is 4.31 Å². The van der Waals surface area contributed by atoms with Gasteiger partial charge in [0.25, 0.3) is 0 Å². The molecule has 1 aromatic rings. The van der Waals surface area contributed by atoms with E-state index in [1.54, 1.807) is 18.2 Å². The molecule has 0 amide bonds. The van der Waals surface area contributed by atoms with Crippen LogP contribution < -0.4 is 4.72 Å². The lowest BCUT2D eigenvalue weighted by Gasteiger charge is -2.18. The van der Waals surface area contributed by atoms with Gasteiger partial charge in [-0.25, -0.2) is 0 Å². The van der Waals surface area contributed by atoms with Gasteiger partial charge in [0.15, 0.2) is 0 Å². The summed E-state index contributed by atoms with van der Waals surface area (Å²) < 4.78 is 32.5. The van der Waals surface area contributed by atoms with Gasteiger partial charge in [0.2, 0.25) is 0 Å². The second-order valence-electron chi connectivity index (χ2n) is 3.88. The third kappa shape index (κ3) is 4.93. The van der Waals surface area contributed by atoms with Crippen molar-refractivity contribution in [1.29, 1.82) is 0 Å². The molecule has 6 nitrogen and oxygen atoms in total. The Kier molecular flexibility index (Phi) is 6.25. The second kappa shape index (κ2) is 7.26. The van der Waals surface area contributed by atoms with E-state index in [2.05, 4.69) is 25.4 Å². The first-order valence-electron chi connectivity index (χ1n) is 5.52. The number of hydrogen-bond acceptors (Lipinski definition) is 4. The normalized spacial score (nSPS) is 11.4. The van der Waals surface area contributed by atoms with Crippen molar-refractivity contribution in [3.63, 3.8) is 0 Å². The van der Waals surface area contributed by atoms with Crippen LogP contribution in [-0.2, 0) is 19.7 Å². The maximum Gasteiger partial charge on any atom is 0.306 e. The molecular weight excluding hydrogens is 372 g/mol. The molecule has 0 unspecified atom stereocenters. The molecule has 1 rings (SSSR count). The highest BCUT2D eigenvalue weighted by atomic mass is 79.9. The number of methoxy groups -OCH3 is 1. The van der Waals surface area contributed by atoms with Gasteiger partial charge in [-0.2, -0.15) is 12.7 Å². The van der Waals surface area contributed by atoms with E-state index in [1.807, 2.05) is 0 Å². The number of ether oxygens (including phenoxy) is 1. The Morgan fingerprint density at radius 3 is 2.70 bits per heavy atom. The first kappa shape index (κ1) is 17.2. The van der Waals surface area contributed by atoms with Crippen molar-refractivity contribution < 1.29 is 17.9 Å². The molecule has 9 heteroatoms. The van der Waals surface area contributed by atoms with E-state index in [-0.39, 0.29) is 13.0 Å². The summed E-state index contributed by atoms with van der Waals surface area (Å²) in [7, 11) is -1.11. The van der Waals surface area contributed by atoms with Crippen LogP contribution >= 0.6 is 27.5 Å². The van der Waals surface area contributed by atoms with Gasteiger partial charge in [0.05, 0.1) is 24.2 Å². The minimum atomic E-state index is -3.74. The monoisotopic (exact) mass is 384 g/mol. The molecule has 0 aliphatic carbocycles. The van der Waals surface area contributed by atoms with Crippen LogP contribution in [-0.4, -0.2) is 39.4 Å². The maximum absolute atomic E-state index is 12.0. The zero-order valence-corrected chi connectivity index (χ0v) is 14.0. The average Bonchev–Trinajstić information content (AvgIpc) is 2.39. The summed E-state index contributed by atoms with van der Waals surface area (Å²) in [4.78, 5) is 11.0. The molecule has 1 aromatic carbocycles. The number of carbonyl (C=O) groups is 1. The molecule has 0 saturated heterocycles. The molecule has 0 fully saturated rings. The average molecular weight is 386 g/mol. The summed E-state index contributed by atoms with van der Waals surface area (Å²) in [6.07, 6.45) is -0.0157.